The van der Waals surface area contributed by atoms with Gasteiger partial charge in [0.2, 0.25) is 13.6 Å². The van der Waals surface area contributed by atoms with Crippen molar-refractivity contribution in [1.82, 2.24) is 0 Å². The van der Waals surface area contributed by atoms with Crippen LogP contribution >= 0.6 is 11.6 Å². The van der Waals surface area contributed by atoms with Crippen molar-refractivity contribution in [1.29, 1.82) is 0 Å². The van der Waals surface area contributed by atoms with Crippen LogP contribution in [-0.2, 0) is 13.6 Å². The topological polar surface area (TPSA) is 35.5 Å². The second-order valence-electron chi connectivity index (χ2n) is 15.1. The highest BCUT2D eigenvalue weighted by Gasteiger charge is 2.60. The lowest BCUT2D eigenvalue weighted by atomic mass is 9.77. The molecule has 3 nitrogen and oxygen atoms in total. The molecule has 0 aromatic rings. The molecule has 0 aromatic carbocycles. The van der Waals surface area contributed by atoms with Crippen LogP contribution in [0.4, 0.5) is 0 Å². The first-order valence-electron chi connectivity index (χ1n) is 15.5. The lowest BCUT2D eigenvalue weighted by Gasteiger charge is -2.59. The summed E-state index contributed by atoms with van der Waals surface area (Å²) in [5.74, 6) is 0. The molecule has 7 heteroatoms. The van der Waals surface area contributed by atoms with E-state index in [0.29, 0.717) is 0 Å². The van der Waals surface area contributed by atoms with E-state index in [0.717, 1.165) is 51.4 Å². The second-order valence-corrected chi connectivity index (χ2v) is 29.7. The Hall–Kier alpha value is 0.531. The van der Waals surface area contributed by atoms with E-state index in [-0.39, 0.29) is 25.8 Å². The number of rotatable bonds is 17. The molecule has 0 aromatic heterocycles. The number of hydrogen-bond donors (Lipinski definition) is 0. The van der Waals surface area contributed by atoms with Crippen molar-refractivity contribution in [3.05, 3.63) is 0 Å². The standard InChI is InChI=1S/C31H67ClO3Si3/c1-18-24-31(23-6,36(12,13)27(7,8)9)35-37(14,15)29(11,20-3)34-38(16,17)30(21-4,22-5)25-28(10,19-2)26(32)33/h18-25H2,1-17H3. The quantitative estimate of drug-likeness (QED) is 0.122. The van der Waals surface area contributed by atoms with Crippen LogP contribution in [0, 0.1) is 5.41 Å². The van der Waals surface area contributed by atoms with Gasteiger partial charge in [0.05, 0.1) is 13.3 Å². The summed E-state index contributed by atoms with van der Waals surface area (Å²) in [6, 6.07) is 0. The smallest absolute Gasteiger partial charge is 0.227 e. The van der Waals surface area contributed by atoms with Crippen molar-refractivity contribution < 1.29 is 13.6 Å². The lowest BCUT2D eigenvalue weighted by molar-refractivity contribution is -0.120. The van der Waals surface area contributed by atoms with Gasteiger partial charge in [0, 0.05) is 10.6 Å². The molecule has 0 aliphatic heterocycles. The Morgan fingerprint density at radius 2 is 1.16 bits per heavy atom. The maximum Gasteiger partial charge on any atom is 0.227 e. The summed E-state index contributed by atoms with van der Waals surface area (Å²) in [4.78, 5) is 12.6. The molecule has 0 N–H and O–H groups in total. The summed E-state index contributed by atoms with van der Waals surface area (Å²) in [7, 11) is -6.59. The highest BCUT2D eigenvalue weighted by molar-refractivity contribution is 6.85. The zero-order chi connectivity index (χ0) is 30.6. The average Bonchev–Trinajstić information content (AvgIpc) is 2.80. The molecule has 0 saturated heterocycles. The Balaban J connectivity index is 6.80. The molecule has 0 fully saturated rings. The first-order chi connectivity index (χ1) is 16.9. The summed E-state index contributed by atoms with van der Waals surface area (Å²) in [6.07, 6.45) is 7.73. The van der Waals surface area contributed by atoms with Crippen molar-refractivity contribution in [2.45, 2.75) is 187 Å². The molecule has 0 aliphatic rings. The zero-order valence-corrected chi connectivity index (χ0v) is 32.5. The van der Waals surface area contributed by atoms with Crippen LogP contribution in [0.1, 0.15) is 128 Å². The maximum absolute atomic E-state index is 12.6. The minimum atomic E-state index is -2.39. The van der Waals surface area contributed by atoms with Crippen LogP contribution < -0.4 is 0 Å². The molecule has 0 spiro atoms. The SMILES string of the molecule is CCCC(CC)(O[Si](C)(C)C(C)(CC)O[Si](C)(C)C(CC)(CC)CC(C)(CC)C(=O)Cl)[Si](C)(C)C(C)(C)C. The van der Waals surface area contributed by atoms with Gasteiger partial charge in [-0.1, -0.05) is 102 Å². The van der Waals surface area contributed by atoms with Gasteiger partial charge >= 0.3 is 0 Å². The predicted octanol–water partition coefficient (Wildman–Crippen LogP) is 11.3. The molecular weight excluding hydrogens is 540 g/mol. The number of carbonyl (C=O) groups is 1. The molecule has 0 saturated carbocycles. The Morgan fingerprint density at radius 3 is 1.45 bits per heavy atom. The first-order valence-corrected chi connectivity index (χ1v) is 24.7. The van der Waals surface area contributed by atoms with Gasteiger partial charge in [-0.25, -0.2) is 0 Å². The van der Waals surface area contributed by atoms with Gasteiger partial charge in [-0.2, -0.15) is 0 Å². The van der Waals surface area contributed by atoms with Crippen molar-refractivity contribution >= 4 is 41.6 Å². The van der Waals surface area contributed by atoms with E-state index in [1.165, 1.54) is 0 Å². The van der Waals surface area contributed by atoms with Crippen LogP contribution in [-0.4, -0.2) is 40.4 Å². The van der Waals surface area contributed by atoms with Crippen LogP contribution in [0.3, 0.4) is 0 Å². The Bertz CT molecular complexity index is 773. The molecule has 38 heavy (non-hydrogen) atoms. The largest absolute Gasteiger partial charge is 0.412 e. The molecular formula is C31H67ClO3Si3. The van der Waals surface area contributed by atoms with E-state index in [2.05, 4.69) is 109 Å². The highest BCUT2D eigenvalue weighted by atomic mass is 35.5. The Labute approximate surface area is 247 Å². The summed E-state index contributed by atoms with van der Waals surface area (Å²) >= 11 is 6.21. The van der Waals surface area contributed by atoms with Gasteiger partial charge in [-0.3, -0.25) is 4.79 Å². The third-order valence-electron chi connectivity index (χ3n) is 11.7. The average molecular weight is 608 g/mol. The van der Waals surface area contributed by atoms with Gasteiger partial charge in [0.25, 0.3) is 0 Å². The molecule has 0 amide bonds. The van der Waals surface area contributed by atoms with Crippen LogP contribution in [0.25, 0.3) is 0 Å². The van der Waals surface area contributed by atoms with E-state index in [4.69, 9.17) is 20.5 Å². The van der Waals surface area contributed by atoms with E-state index in [1.54, 1.807) is 0 Å². The maximum atomic E-state index is 12.6. The summed E-state index contributed by atoms with van der Waals surface area (Å²) in [5.41, 5.74) is -0.534. The zero-order valence-electron chi connectivity index (χ0n) is 28.8. The van der Waals surface area contributed by atoms with Crippen LogP contribution in [0.5, 0.6) is 0 Å². The Kier molecular flexibility index (Phi) is 13.4. The minimum Gasteiger partial charge on any atom is -0.412 e. The minimum absolute atomic E-state index is 0.0477. The molecule has 228 valence electrons. The fraction of sp³-hybridized carbons (Fsp3) is 0.968. The van der Waals surface area contributed by atoms with Crippen LogP contribution in [0.15, 0.2) is 0 Å². The highest BCUT2D eigenvalue weighted by Crippen LogP contribution is 2.57. The van der Waals surface area contributed by atoms with E-state index in [9.17, 15) is 4.79 Å². The fourth-order valence-corrected chi connectivity index (χ4v) is 20.0. The van der Waals surface area contributed by atoms with Crippen molar-refractivity contribution in [2.75, 3.05) is 0 Å². The van der Waals surface area contributed by atoms with Gasteiger partial charge in [0.15, 0.2) is 8.32 Å². The van der Waals surface area contributed by atoms with Gasteiger partial charge < -0.3 is 8.85 Å². The van der Waals surface area contributed by atoms with Crippen molar-refractivity contribution in [3.8, 4) is 0 Å². The number of hydrogen-bond acceptors (Lipinski definition) is 3. The fourth-order valence-electron chi connectivity index (χ4n) is 6.80. The molecule has 0 rings (SSSR count). The third kappa shape index (κ3) is 7.29. The van der Waals surface area contributed by atoms with Crippen molar-refractivity contribution in [3.63, 3.8) is 0 Å². The van der Waals surface area contributed by atoms with Crippen LogP contribution in [0.2, 0.25) is 49.4 Å². The first kappa shape index (κ1) is 38.5. The summed E-state index contributed by atoms with van der Waals surface area (Å²) < 4.78 is 15.2. The lowest BCUT2D eigenvalue weighted by Crippen LogP contribution is -2.70. The molecule has 3 unspecified atom stereocenters. The predicted molar refractivity (Wildman–Crippen MR) is 178 cm³/mol. The van der Waals surface area contributed by atoms with Gasteiger partial charge in [-0.05, 0) is 86.9 Å². The molecule has 3 atom stereocenters. The number of carbonyl (C=O) groups excluding carboxylic acids is 1. The van der Waals surface area contributed by atoms with Gasteiger partial charge in [-0.15, -0.1) is 0 Å². The normalized spacial score (nSPS) is 19.0. The van der Waals surface area contributed by atoms with Gasteiger partial charge in [0.1, 0.15) is 0 Å². The summed E-state index contributed by atoms with van der Waals surface area (Å²) in [6.45, 7) is 39.9. The molecule has 0 heterocycles. The molecule has 0 radical (unpaired) electrons. The number of halogens is 1. The Morgan fingerprint density at radius 1 is 0.684 bits per heavy atom. The molecule has 0 aliphatic carbocycles. The summed E-state index contributed by atoms with van der Waals surface area (Å²) in [5, 5.41) is -0.442. The van der Waals surface area contributed by atoms with Crippen molar-refractivity contribution in [2.24, 2.45) is 5.41 Å². The molecule has 0 bridgehead atoms. The van der Waals surface area contributed by atoms with E-state index < -0.39 is 30.1 Å². The second kappa shape index (κ2) is 13.2. The van der Waals surface area contributed by atoms with E-state index >= 15 is 0 Å². The van der Waals surface area contributed by atoms with E-state index in [1.807, 2.05) is 6.92 Å². The third-order valence-corrected chi connectivity index (χ3v) is 27.6. The monoisotopic (exact) mass is 606 g/mol.